The van der Waals surface area contributed by atoms with Gasteiger partial charge in [0, 0.05) is 23.2 Å². The van der Waals surface area contributed by atoms with Crippen molar-refractivity contribution in [2.24, 2.45) is 0 Å². The third kappa shape index (κ3) is 2.95. The number of carbonyl (C=O) groups is 1. The lowest BCUT2D eigenvalue weighted by molar-refractivity contribution is 0.0601. The number of methoxy groups -OCH3 is 1. The molecule has 3 rings (SSSR count). The van der Waals surface area contributed by atoms with E-state index in [1.165, 1.54) is 19.2 Å². The van der Waals surface area contributed by atoms with E-state index >= 15 is 0 Å². The molecule has 0 unspecified atom stereocenters. The predicted molar refractivity (Wildman–Crippen MR) is 87.9 cm³/mol. The lowest BCUT2D eigenvalue weighted by atomic mass is 9.96. The van der Waals surface area contributed by atoms with Crippen molar-refractivity contribution >= 4 is 16.9 Å². The van der Waals surface area contributed by atoms with E-state index in [1.54, 1.807) is 19.9 Å². The maximum Gasteiger partial charge on any atom is 0.337 e. The van der Waals surface area contributed by atoms with Gasteiger partial charge in [0.2, 0.25) is 0 Å². The third-order valence-corrected chi connectivity index (χ3v) is 3.93. The van der Waals surface area contributed by atoms with Crippen molar-refractivity contribution in [1.82, 2.24) is 4.98 Å². The number of rotatable bonds is 2. The van der Waals surface area contributed by atoms with Gasteiger partial charge in [0.1, 0.15) is 17.5 Å². The summed E-state index contributed by atoms with van der Waals surface area (Å²) in [5.41, 5.74) is 1.78. The highest BCUT2D eigenvalue weighted by molar-refractivity contribution is 6.01. The molecular formula is C19H14F3NO2. The second kappa shape index (κ2) is 6.20. The first kappa shape index (κ1) is 17.0. The highest BCUT2D eigenvalue weighted by Gasteiger charge is 2.19. The summed E-state index contributed by atoms with van der Waals surface area (Å²) in [5, 5.41) is 0.385. The molecule has 1 aromatic heterocycles. The molecule has 2 aromatic carbocycles. The molecule has 25 heavy (non-hydrogen) atoms. The van der Waals surface area contributed by atoms with Crippen LogP contribution in [0.3, 0.4) is 0 Å². The molecule has 0 saturated heterocycles. The minimum Gasteiger partial charge on any atom is -0.465 e. The van der Waals surface area contributed by atoms with Crippen LogP contribution in [0, 0.1) is 31.3 Å². The van der Waals surface area contributed by atoms with Crippen LogP contribution in [0.15, 0.2) is 30.3 Å². The fourth-order valence-electron chi connectivity index (χ4n) is 2.87. The molecule has 0 aliphatic heterocycles. The van der Waals surface area contributed by atoms with Crippen molar-refractivity contribution in [1.29, 1.82) is 0 Å². The number of aromatic nitrogens is 1. The van der Waals surface area contributed by atoms with Crippen LogP contribution in [0.4, 0.5) is 13.2 Å². The van der Waals surface area contributed by atoms with Crippen molar-refractivity contribution in [2.75, 3.05) is 7.11 Å². The van der Waals surface area contributed by atoms with Gasteiger partial charge in [-0.2, -0.15) is 0 Å². The molecule has 0 atom stereocenters. The number of nitrogens with zero attached hydrogens (tertiary/aromatic N) is 1. The summed E-state index contributed by atoms with van der Waals surface area (Å²) in [7, 11) is 1.25. The number of esters is 1. The van der Waals surface area contributed by atoms with Crippen LogP contribution in [0.5, 0.6) is 0 Å². The van der Waals surface area contributed by atoms with Crippen LogP contribution >= 0.6 is 0 Å². The maximum absolute atomic E-state index is 14.3. The first-order valence-electron chi connectivity index (χ1n) is 7.47. The first-order chi connectivity index (χ1) is 11.8. The van der Waals surface area contributed by atoms with E-state index in [0.717, 1.165) is 0 Å². The normalized spacial score (nSPS) is 11.0. The third-order valence-electron chi connectivity index (χ3n) is 3.93. The lowest BCUT2D eigenvalue weighted by Crippen LogP contribution is -2.03. The molecule has 0 radical (unpaired) electrons. The molecule has 0 bridgehead atoms. The van der Waals surface area contributed by atoms with Crippen LogP contribution in [0.2, 0.25) is 0 Å². The Bertz CT molecular complexity index is 992. The molecule has 0 aliphatic carbocycles. The quantitative estimate of drug-likeness (QED) is 0.631. The largest absolute Gasteiger partial charge is 0.465 e. The SMILES string of the molecule is COC(=O)c1cc(C)c2nc(C)cc(-c3c(F)cc(F)cc3F)c2c1. The van der Waals surface area contributed by atoms with Crippen molar-refractivity contribution in [3.8, 4) is 11.1 Å². The van der Waals surface area contributed by atoms with Gasteiger partial charge >= 0.3 is 5.97 Å². The zero-order chi connectivity index (χ0) is 18.3. The number of hydrogen-bond donors (Lipinski definition) is 0. The molecule has 0 saturated carbocycles. The maximum atomic E-state index is 14.3. The van der Waals surface area contributed by atoms with Crippen LogP contribution in [0.1, 0.15) is 21.6 Å². The van der Waals surface area contributed by atoms with Crippen molar-refractivity contribution < 1.29 is 22.7 Å². The van der Waals surface area contributed by atoms with Gasteiger partial charge in [-0.3, -0.25) is 4.98 Å². The second-order valence-corrected chi connectivity index (χ2v) is 5.74. The Kier molecular flexibility index (Phi) is 4.20. The number of aryl methyl sites for hydroxylation is 2. The van der Waals surface area contributed by atoms with Gasteiger partial charge in [-0.15, -0.1) is 0 Å². The van der Waals surface area contributed by atoms with E-state index < -0.39 is 23.4 Å². The van der Waals surface area contributed by atoms with E-state index in [9.17, 15) is 18.0 Å². The highest BCUT2D eigenvalue weighted by atomic mass is 19.1. The number of pyridine rings is 1. The Morgan fingerprint density at radius 1 is 1.00 bits per heavy atom. The average Bonchev–Trinajstić information content (AvgIpc) is 2.53. The fraction of sp³-hybridized carbons (Fsp3) is 0.158. The number of benzene rings is 2. The molecule has 0 spiro atoms. The molecule has 3 aromatic rings. The Morgan fingerprint density at radius 2 is 1.64 bits per heavy atom. The number of fused-ring (bicyclic) bond motifs is 1. The van der Waals surface area contributed by atoms with Crippen molar-refractivity contribution in [3.05, 3.63) is 64.6 Å². The summed E-state index contributed by atoms with van der Waals surface area (Å²) < 4.78 is 46.5. The summed E-state index contributed by atoms with van der Waals surface area (Å²) in [5.74, 6) is -3.62. The molecular weight excluding hydrogens is 331 g/mol. The Labute approximate surface area is 142 Å². The van der Waals surface area contributed by atoms with E-state index in [1.807, 2.05) is 0 Å². The predicted octanol–water partition coefficient (Wildman–Crippen LogP) is 4.72. The average molecular weight is 345 g/mol. The molecule has 128 valence electrons. The minimum absolute atomic E-state index is 0.200. The topological polar surface area (TPSA) is 39.2 Å². The number of carbonyl (C=O) groups excluding carboxylic acids is 1. The van der Waals surface area contributed by atoms with E-state index in [2.05, 4.69) is 4.98 Å². The van der Waals surface area contributed by atoms with Gasteiger partial charge in [0.15, 0.2) is 0 Å². The second-order valence-electron chi connectivity index (χ2n) is 5.74. The molecule has 1 heterocycles. The summed E-state index contributed by atoms with van der Waals surface area (Å²) in [6, 6.07) is 5.82. The van der Waals surface area contributed by atoms with Crippen LogP contribution in [-0.4, -0.2) is 18.1 Å². The zero-order valence-corrected chi connectivity index (χ0v) is 13.8. The standard InChI is InChI=1S/C19H14F3NO2/c1-9-4-11(19(24)25-3)6-14-13(5-10(2)23-18(9)14)17-15(21)7-12(20)8-16(17)22/h4-8H,1-3H3. The van der Waals surface area contributed by atoms with Crippen molar-refractivity contribution in [3.63, 3.8) is 0 Å². The van der Waals surface area contributed by atoms with Gasteiger partial charge in [-0.25, -0.2) is 18.0 Å². The summed E-state index contributed by atoms with van der Waals surface area (Å²) >= 11 is 0. The monoisotopic (exact) mass is 345 g/mol. The summed E-state index contributed by atoms with van der Waals surface area (Å²) in [6.45, 7) is 3.43. The summed E-state index contributed by atoms with van der Waals surface area (Å²) in [4.78, 5) is 16.3. The van der Waals surface area contributed by atoms with Gasteiger partial charge in [0.05, 0.1) is 23.8 Å². The molecule has 0 amide bonds. The smallest absolute Gasteiger partial charge is 0.337 e. The van der Waals surface area contributed by atoms with Gasteiger partial charge < -0.3 is 4.74 Å². The minimum atomic E-state index is -1.02. The van der Waals surface area contributed by atoms with Crippen LogP contribution in [0.25, 0.3) is 22.0 Å². The van der Waals surface area contributed by atoms with Gasteiger partial charge in [0.25, 0.3) is 0 Å². The Balaban J connectivity index is 2.43. The first-order valence-corrected chi connectivity index (χ1v) is 7.47. The Hall–Kier alpha value is -2.89. The van der Waals surface area contributed by atoms with Gasteiger partial charge in [-0.05, 0) is 43.2 Å². The number of hydrogen-bond acceptors (Lipinski definition) is 3. The highest BCUT2D eigenvalue weighted by Crippen LogP contribution is 2.34. The summed E-state index contributed by atoms with van der Waals surface area (Å²) in [6.07, 6.45) is 0. The molecule has 6 heteroatoms. The van der Waals surface area contributed by atoms with Crippen LogP contribution < -0.4 is 0 Å². The van der Waals surface area contributed by atoms with E-state index in [4.69, 9.17) is 4.74 Å². The van der Waals surface area contributed by atoms with E-state index in [0.29, 0.717) is 34.3 Å². The van der Waals surface area contributed by atoms with Crippen LogP contribution in [-0.2, 0) is 4.74 Å². The lowest BCUT2D eigenvalue weighted by Gasteiger charge is -2.13. The van der Waals surface area contributed by atoms with Gasteiger partial charge in [-0.1, -0.05) is 0 Å². The number of ether oxygens (including phenoxy) is 1. The Morgan fingerprint density at radius 3 is 2.24 bits per heavy atom. The molecule has 0 N–H and O–H groups in total. The van der Waals surface area contributed by atoms with Crippen molar-refractivity contribution in [2.45, 2.75) is 13.8 Å². The number of halogens is 3. The molecule has 0 aliphatic rings. The zero-order valence-electron chi connectivity index (χ0n) is 13.8. The fourth-order valence-corrected chi connectivity index (χ4v) is 2.87. The molecule has 3 nitrogen and oxygen atoms in total. The van der Waals surface area contributed by atoms with E-state index in [-0.39, 0.29) is 16.7 Å². The molecule has 0 fully saturated rings.